The lowest BCUT2D eigenvalue weighted by molar-refractivity contribution is -0.146. The number of methoxy groups -OCH3 is 1. The molecule has 130 valence electrons. The number of aromatic nitrogens is 2. The van der Waals surface area contributed by atoms with Crippen LogP contribution in [0.15, 0.2) is 12.3 Å². The van der Waals surface area contributed by atoms with Gasteiger partial charge in [-0.1, -0.05) is 6.92 Å². The fraction of sp³-hybridized carbons (Fsp3) is 0.733. The number of hydrogen-bond donors (Lipinski definition) is 0. The van der Waals surface area contributed by atoms with Crippen molar-refractivity contribution in [2.24, 2.45) is 5.92 Å². The molecule has 0 radical (unpaired) electrons. The van der Waals surface area contributed by atoms with Crippen molar-refractivity contribution in [3.05, 3.63) is 18.1 Å². The summed E-state index contributed by atoms with van der Waals surface area (Å²) in [6.45, 7) is 3.66. The van der Waals surface area contributed by atoms with E-state index in [1.165, 1.54) is 4.90 Å². The quantitative estimate of drug-likeness (QED) is 0.767. The molecule has 1 aliphatic rings. The molecule has 1 atom stereocenters. The van der Waals surface area contributed by atoms with Crippen LogP contribution in [0, 0.1) is 5.92 Å². The maximum atomic E-state index is 12.5. The Morgan fingerprint density at radius 1 is 1.43 bits per heavy atom. The van der Waals surface area contributed by atoms with E-state index in [0.717, 1.165) is 25.3 Å². The van der Waals surface area contributed by atoms with Gasteiger partial charge in [-0.3, -0.25) is 4.90 Å². The van der Waals surface area contributed by atoms with Gasteiger partial charge < -0.3 is 9.64 Å². The molecule has 1 aromatic rings. The number of alkyl halides is 3. The molecule has 2 rings (SSSR count). The van der Waals surface area contributed by atoms with Gasteiger partial charge in [-0.2, -0.15) is 13.2 Å². The first-order valence-electron chi connectivity index (χ1n) is 7.76. The smallest absolute Gasteiger partial charge is 0.377 e. The number of ether oxygens (including phenoxy) is 1. The van der Waals surface area contributed by atoms with E-state index >= 15 is 0 Å². The van der Waals surface area contributed by atoms with Crippen LogP contribution in [-0.4, -0.2) is 60.9 Å². The van der Waals surface area contributed by atoms with Crippen molar-refractivity contribution in [1.82, 2.24) is 14.9 Å². The van der Waals surface area contributed by atoms with E-state index in [1.807, 2.05) is 6.07 Å². The second-order valence-electron chi connectivity index (χ2n) is 5.81. The molecule has 0 saturated carbocycles. The summed E-state index contributed by atoms with van der Waals surface area (Å²) in [6, 6.07) is 1.83. The Morgan fingerprint density at radius 2 is 2.22 bits per heavy atom. The largest absolute Gasteiger partial charge is 0.401 e. The zero-order valence-electron chi connectivity index (χ0n) is 13.5. The number of halogens is 3. The molecule has 1 saturated heterocycles. The Kier molecular flexibility index (Phi) is 6.17. The first-order valence-corrected chi connectivity index (χ1v) is 7.76. The minimum Gasteiger partial charge on any atom is -0.377 e. The normalized spacial score (nSPS) is 18.9. The Labute approximate surface area is 134 Å². The molecular weight excluding hydrogens is 309 g/mol. The number of anilines is 1. The summed E-state index contributed by atoms with van der Waals surface area (Å²) >= 11 is 0. The monoisotopic (exact) mass is 332 g/mol. The summed E-state index contributed by atoms with van der Waals surface area (Å²) in [7, 11) is 1.59. The topological polar surface area (TPSA) is 41.5 Å². The second-order valence-corrected chi connectivity index (χ2v) is 5.81. The van der Waals surface area contributed by atoms with Crippen LogP contribution in [0.3, 0.4) is 0 Å². The number of nitrogens with zero attached hydrogens (tertiary/aromatic N) is 4. The van der Waals surface area contributed by atoms with Crippen LogP contribution < -0.4 is 4.90 Å². The van der Waals surface area contributed by atoms with Gasteiger partial charge in [0.15, 0.2) is 5.82 Å². The van der Waals surface area contributed by atoms with Crippen molar-refractivity contribution in [1.29, 1.82) is 0 Å². The number of hydrogen-bond acceptors (Lipinski definition) is 5. The van der Waals surface area contributed by atoms with Crippen LogP contribution in [0.25, 0.3) is 0 Å². The molecule has 0 aliphatic carbocycles. The van der Waals surface area contributed by atoms with Crippen LogP contribution >= 0.6 is 0 Å². The van der Waals surface area contributed by atoms with Crippen LogP contribution in [0.1, 0.15) is 19.2 Å². The molecule has 0 aromatic carbocycles. The van der Waals surface area contributed by atoms with Crippen LogP contribution in [-0.2, 0) is 11.3 Å². The molecule has 0 unspecified atom stereocenters. The molecule has 23 heavy (non-hydrogen) atoms. The zero-order valence-corrected chi connectivity index (χ0v) is 13.5. The van der Waals surface area contributed by atoms with Crippen LogP contribution in [0.2, 0.25) is 0 Å². The predicted molar refractivity (Wildman–Crippen MR) is 81.2 cm³/mol. The maximum Gasteiger partial charge on any atom is 0.401 e. The summed E-state index contributed by atoms with van der Waals surface area (Å²) < 4.78 is 42.7. The van der Waals surface area contributed by atoms with E-state index < -0.39 is 12.7 Å². The fourth-order valence-corrected chi connectivity index (χ4v) is 2.88. The average Bonchev–Trinajstić information content (AvgIpc) is 2.94. The third-order valence-corrected chi connectivity index (χ3v) is 3.94. The van der Waals surface area contributed by atoms with Crippen molar-refractivity contribution in [3.8, 4) is 0 Å². The Hall–Kier alpha value is -1.41. The zero-order chi connectivity index (χ0) is 16.9. The van der Waals surface area contributed by atoms with Crippen LogP contribution in [0.4, 0.5) is 19.0 Å². The highest BCUT2D eigenvalue weighted by Crippen LogP contribution is 2.24. The van der Waals surface area contributed by atoms with Gasteiger partial charge in [-0.25, -0.2) is 9.97 Å². The van der Waals surface area contributed by atoms with Gasteiger partial charge in [-0.05, 0) is 24.9 Å². The lowest BCUT2D eigenvalue weighted by Crippen LogP contribution is -2.38. The van der Waals surface area contributed by atoms with E-state index in [0.29, 0.717) is 25.5 Å². The molecule has 0 amide bonds. The summed E-state index contributed by atoms with van der Waals surface area (Å²) in [5, 5.41) is 0. The van der Waals surface area contributed by atoms with E-state index in [-0.39, 0.29) is 5.92 Å². The third kappa shape index (κ3) is 5.62. The van der Waals surface area contributed by atoms with Gasteiger partial charge in [0.1, 0.15) is 12.4 Å². The molecular formula is C15H23F3N4O. The van der Waals surface area contributed by atoms with Gasteiger partial charge in [0.25, 0.3) is 0 Å². The van der Waals surface area contributed by atoms with Crippen LogP contribution in [0.5, 0.6) is 0 Å². The highest BCUT2D eigenvalue weighted by atomic mass is 19.4. The predicted octanol–water partition coefficient (Wildman–Crippen LogP) is 2.33. The standard InChI is InChI=1S/C15H23F3N4O/c1-3-21(11-15(16,17)18)8-12-5-7-22(9-12)14-4-6-19-13(20-14)10-23-2/h4,6,12H,3,5,7-11H2,1-2H3/t12-/m1/s1. The maximum absolute atomic E-state index is 12.5. The summed E-state index contributed by atoms with van der Waals surface area (Å²) in [4.78, 5) is 12.1. The lowest BCUT2D eigenvalue weighted by atomic mass is 10.1. The van der Waals surface area contributed by atoms with Crippen molar-refractivity contribution in [2.45, 2.75) is 26.1 Å². The first kappa shape index (κ1) is 17.9. The second kappa shape index (κ2) is 7.92. The summed E-state index contributed by atoms with van der Waals surface area (Å²) in [5.41, 5.74) is 0. The number of rotatable bonds is 7. The fourth-order valence-electron chi connectivity index (χ4n) is 2.88. The van der Waals surface area contributed by atoms with Crippen molar-refractivity contribution in [2.75, 3.05) is 44.7 Å². The van der Waals surface area contributed by atoms with Crippen molar-refractivity contribution >= 4 is 5.82 Å². The molecule has 1 fully saturated rings. The SMILES string of the molecule is CCN(C[C@H]1CCN(c2ccnc(COC)n2)C1)CC(F)(F)F. The molecule has 5 nitrogen and oxygen atoms in total. The molecule has 1 aromatic heterocycles. The van der Waals surface area contributed by atoms with E-state index in [1.54, 1.807) is 20.2 Å². The van der Waals surface area contributed by atoms with Crippen molar-refractivity contribution in [3.63, 3.8) is 0 Å². The molecule has 0 spiro atoms. The first-order chi connectivity index (χ1) is 10.9. The minimum absolute atomic E-state index is 0.221. The third-order valence-electron chi connectivity index (χ3n) is 3.94. The van der Waals surface area contributed by atoms with E-state index in [4.69, 9.17) is 4.74 Å². The van der Waals surface area contributed by atoms with Gasteiger partial charge in [-0.15, -0.1) is 0 Å². The molecule has 0 N–H and O–H groups in total. The minimum atomic E-state index is -4.14. The Balaban J connectivity index is 1.91. The van der Waals surface area contributed by atoms with Crippen molar-refractivity contribution < 1.29 is 17.9 Å². The average molecular weight is 332 g/mol. The molecule has 8 heteroatoms. The highest BCUT2D eigenvalue weighted by Gasteiger charge is 2.32. The summed E-state index contributed by atoms with van der Waals surface area (Å²) in [6.07, 6.45) is -1.58. The van der Waals surface area contributed by atoms with Gasteiger partial charge in [0.2, 0.25) is 0 Å². The summed E-state index contributed by atoms with van der Waals surface area (Å²) in [5.74, 6) is 1.65. The lowest BCUT2D eigenvalue weighted by Gasteiger charge is -2.25. The van der Waals surface area contributed by atoms with Gasteiger partial charge in [0.05, 0.1) is 6.54 Å². The Morgan fingerprint density at radius 3 is 2.87 bits per heavy atom. The van der Waals surface area contributed by atoms with E-state index in [2.05, 4.69) is 14.9 Å². The molecule has 0 bridgehead atoms. The van der Waals surface area contributed by atoms with E-state index in [9.17, 15) is 13.2 Å². The van der Waals surface area contributed by atoms with Gasteiger partial charge >= 0.3 is 6.18 Å². The van der Waals surface area contributed by atoms with Gasteiger partial charge in [0, 0.05) is 32.9 Å². The molecule has 2 heterocycles. The highest BCUT2D eigenvalue weighted by molar-refractivity contribution is 5.38. The Bertz CT molecular complexity index is 498. The molecule has 1 aliphatic heterocycles.